The van der Waals surface area contributed by atoms with Crippen LogP contribution in [0, 0.1) is 5.82 Å². The molecule has 0 amide bonds. The second-order valence-corrected chi connectivity index (χ2v) is 4.85. The predicted molar refractivity (Wildman–Crippen MR) is 78.6 cm³/mol. The average molecular weight is 286 g/mol. The van der Waals surface area contributed by atoms with Crippen molar-refractivity contribution in [3.63, 3.8) is 0 Å². The van der Waals surface area contributed by atoms with Gasteiger partial charge >= 0.3 is 0 Å². The monoisotopic (exact) mass is 286 g/mol. The van der Waals surface area contributed by atoms with Crippen molar-refractivity contribution in [1.29, 1.82) is 0 Å². The summed E-state index contributed by atoms with van der Waals surface area (Å²) >= 11 is 0. The predicted octanol–water partition coefficient (Wildman–Crippen LogP) is 1.72. The molecule has 5 nitrogen and oxygen atoms in total. The molecule has 1 aromatic carbocycles. The van der Waals surface area contributed by atoms with Gasteiger partial charge in [-0.1, -0.05) is 0 Å². The first kappa shape index (κ1) is 13.5. The maximum atomic E-state index is 13.0. The largest absolute Gasteiger partial charge is 0.330 e. The minimum absolute atomic E-state index is 0.166. The van der Waals surface area contributed by atoms with Gasteiger partial charge in [0.2, 0.25) is 0 Å². The first-order valence-corrected chi connectivity index (χ1v) is 6.75. The number of aromatic amines is 1. The van der Waals surface area contributed by atoms with Crippen molar-refractivity contribution < 1.29 is 4.39 Å². The van der Waals surface area contributed by atoms with E-state index in [1.54, 1.807) is 18.2 Å². The summed E-state index contributed by atoms with van der Waals surface area (Å²) in [5, 5.41) is 2.98. The normalized spacial score (nSPS) is 11.1. The Balaban J connectivity index is 2.05. The Kier molecular flexibility index (Phi) is 3.53. The maximum Gasteiger partial charge on any atom is 0.272 e. The Bertz CT molecular complexity index is 820. The number of fused-ring (bicyclic) bond motifs is 1. The van der Waals surface area contributed by atoms with Gasteiger partial charge in [0, 0.05) is 17.8 Å². The van der Waals surface area contributed by atoms with Crippen molar-refractivity contribution in [2.75, 3.05) is 6.54 Å². The summed E-state index contributed by atoms with van der Waals surface area (Å²) in [6.07, 6.45) is 1.47. The Morgan fingerprint density at radius 1 is 1.24 bits per heavy atom. The van der Waals surface area contributed by atoms with E-state index in [4.69, 9.17) is 5.73 Å². The molecule has 0 saturated heterocycles. The number of nitrogens with zero attached hydrogens (tertiary/aromatic N) is 2. The third kappa shape index (κ3) is 2.71. The van der Waals surface area contributed by atoms with E-state index in [-0.39, 0.29) is 11.4 Å². The number of nitrogens with two attached hydrogens (primary N) is 1. The van der Waals surface area contributed by atoms with Crippen LogP contribution in [0.5, 0.6) is 0 Å². The molecule has 0 bridgehead atoms. The quantitative estimate of drug-likeness (QED) is 0.766. The van der Waals surface area contributed by atoms with Gasteiger partial charge in [-0.25, -0.2) is 13.9 Å². The highest BCUT2D eigenvalue weighted by Gasteiger charge is 2.08. The fourth-order valence-electron chi connectivity index (χ4n) is 2.23. The highest BCUT2D eigenvalue weighted by molar-refractivity contribution is 5.63. The van der Waals surface area contributed by atoms with Crippen molar-refractivity contribution >= 4 is 5.65 Å². The fraction of sp³-hybridized carbons (Fsp3) is 0.200. The number of nitrogens with one attached hydrogen (secondary N) is 1. The Morgan fingerprint density at radius 3 is 2.71 bits per heavy atom. The van der Waals surface area contributed by atoms with Crippen LogP contribution in [0.15, 0.2) is 41.2 Å². The van der Waals surface area contributed by atoms with Gasteiger partial charge in [0.25, 0.3) is 5.56 Å². The van der Waals surface area contributed by atoms with Gasteiger partial charge < -0.3 is 5.73 Å². The summed E-state index contributed by atoms with van der Waals surface area (Å²) in [5.41, 5.74) is 8.10. The van der Waals surface area contributed by atoms with E-state index in [1.165, 1.54) is 22.7 Å². The SMILES string of the molecule is NCCCc1cc(=O)n2[nH]c(-c3ccc(F)cc3)cc2n1. The number of benzene rings is 1. The fourth-order valence-corrected chi connectivity index (χ4v) is 2.23. The van der Waals surface area contributed by atoms with Crippen LogP contribution in [0.3, 0.4) is 0 Å². The zero-order valence-electron chi connectivity index (χ0n) is 11.3. The summed E-state index contributed by atoms with van der Waals surface area (Å²) in [6.45, 7) is 0.565. The number of H-pyrrole nitrogens is 1. The third-order valence-corrected chi connectivity index (χ3v) is 3.30. The average Bonchev–Trinajstić information content (AvgIpc) is 2.90. The van der Waals surface area contributed by atoms with E-state index in [2.05, 4.69) is 10.1 Å². The summed E-state index contributed by atoms with van der Waals surface area (Å²) in [5.74, 6) is -0.297. The van der Waals surface area contributed by atoms with E-state index in [0.29, 0.717) is 18.6 Å². The number of aryl methyl sites for hydroxylation is 1. The molecule has 6 heteroatoms. The highest BCUT2D eigenvalue weighted by Crippen LogP contribution is 2.18. The molecule has 0 aliphatic heterocycles. The van der Waals surface area contributed by atoms with Crippen LogP contribution < -0.4 is 11.3 Å². The van der Waals surface area contributed by atoms with Crippen LogP contribution >= 0.6 is 0 Å². The molecule has 0 atom stereocenters. The Labute approximate surface area is 120 Å². The van der Waals surface area contributed by atoms with Crippen molar-refractivity contribution in [3.05, 3.63) is 58.3 Å². The van der Waals surface area contributed by atoms with Gasteiger partial charge in [0.15, 0.2) is 5.65 Å². The molecule has 3 rings (SSSR count). The molecule has 108 valence electrons. The number of rotatable bonds is 4. The van der Waals surface area contributed by atoms with Crippen molar-refractivity contribution in [1.82, 2.24) is 14.6 Å². The van der Waals surface area contributed by atoms with Crippen LogP contribution in [0.25, 0.3) is 16.9 Å². The topological polar surface area (TPSA) is 76.2 Å². The van der Waals surface area contributed by atoms with Crippen LogP contribution in [-0.2, 0) is 6.42 Å². The molecular weight excluding hydrogens is 271 g/mol. The van der Waals surface area contributed by atoms with Gasteiger partial charge in [-0.15, -0.1) is 0 Å². The lowest BCUT2D eigenvalue weighted by Gasteiger charge is -1.99. The van der Waals surface area contributed by atoms with E-state index in [9.17, 15) is 9.18 Å². The maximum absolute atomic E-state index is 13.0. The van der Waals surface area contributed by atoms with Crippen LogP contribution in [0.1, 0.15) is 12.1 Å². The molecule has 0 saturated carbocycles. The first-order valence-electron chi connectivity index (χ1n) is 6.75. The van der Waals surface area contributed by atoms with Crippen molar-refractivity contribution in [2.45, 2.75) is 12.8 Å². The lowest BCUT2D eigenvalue weighted by Crippen LogP contribution is -2.16. The Hall–Kier alpha value is -2.47. The van der Waals surface area contributed by atoms with Crippen molar-refractivity contribution in [3.8, 4) is 11.3 Å². The summed E-state index contributed by atoms with van der Waals surface area (Å²) < 4.78 is 14.3. The molecule has 0 fully saturated rings. The zero-order valence-corrected chi connectivity index (χ0v) is 11.3. The lowest BCUT2D eigenvalue weighted by molar-refractivity contribution is 0.628. The van der Waals surface area contributed by atoms with Gasteiger partial charge in [-0.05, 0) is 49.2 Å². The number of hydrogen-bond acceptors (Lipinski definition) is 3. The van der Waals surface area contributed by atoms with E-state index < -0.39 is 0 Å². The summed E-state index contributed by atoms with van der Waals surface area (Å²) in [4.78, 5) is 16.5. The second kappa shape index (κ2) is 5.49. The van der Waals surface area contributed by atoms with Gasteiger partial charge in [-0.2, -0.15) is 0 Å². The number of hydrogen-bond donors (Lipinski definition) is 2. The second-order valence-electron chi connectivity index (χ2n) is 4.85. The van der Waals surface area contributed by atoms with E-state index >= 15 is 0 Å². The molecule has 0 unspecified atom stereocenters. The summed E-state index contributed by atoms with van der Waals surface area (Å²) in [6, 6.07) is 9.35. The number of halogens is 1. The molecule has 3 aromatic rings. The van der Waals surface area contributed by atoms with Crippen LogP contribution in [0.4, 0.5) is 4.39 Å². The van der Waals surface area contributed by atoms with Gasteiger partial charge in [0.05, 0.1) is 5.69 Å². The minimum Gasteiger partial charge on any atom is -0.330 e. The number of aromatic nitrogens is 3. The smallest absolute Gasteiger partial charge is 0.272 e. The molecule has 0 radical (unpaired) electrons. The van der Waals surface area contributed by atoms with Crippen LogP contribution in [-0.4, -0.2) is 21.1 Å². The van der Waals surface area contributed by atoms with Crippen LogP contribution in [0.2, 0.25) is 0 Å². The molecule has 0 aliphatic rings. The molecule has 0 aliphatic carbocycles. The van der Waals surface area contributed by atoms with Gasteiger partial charge in [-0.3, -0.25) is 9.89 Å². The third-order valence-electron chi connectivity index (χ3n) is 3.30. The molecular formula is C15H15FN4O. The molecule has 2 heterocycles. The summed E-state index contributed by atoms with van der Waals surface area (Å²) in [7, 11) is 0. The van der Waals surface area contributed by atoms with E-state index in [1.807, 2.05) is 0 Å². The van der Waals surface area contributed by atoms with E-state index in [0.717, 1.165) is 23.4 Å². The van der Waals surface area contributed by atoms with Crippen molar-refractivity contribution in [2.24, 2.45) is 5.73 Å². The minimum atomic E-state index is -0.297. The molecule has 21 heavy (non-hydrogen) atoms. The lowest BCUT2D eigenvalue weighted by atomic mass is 10.1. The molecule has 3 N–H and O–H groups in total. The molecule has 2 aromatic heterocycles. The standard InChI is InChI=1S/C15H15FN4O/c16-11-5-3-10(4-6-11)13-9-14-18-12(2-1-7-17)8-15(21)20(14)19-13/h3-6,8-9,19H,1-2,7,17H2. The highest BCUT2D eigenvalue weighted by atomic mass is 19.1. The first-order chi connectivity index (χ1) is 10.2. The Morgan fingerprint density at radius 2 is 2.00 bits per heavy atom. The molecule has 0 spiro atoms. The van der Waals surface area contributed by atoms with Gasteiger partial charge in [0.1, 0.15) is 5.82 Å². The zero-order chi connectivity index (χ0) is 14.8.